The summed E-state index contributed by atoms with van der Waals surface area (Å²) in [5, 5.41) is 2.77. The molecule has 0 heterocycles. The monoisotopic (exact) mass is 390 g/mol. The van der Waals surface area contributed by atoms with Crippen LogP contribution in [0.4, 0.5) is 11.4 Å². The average Bonchev–Trinajstić information content (AvgIpc) is 2.63. The molecule has 0 spiro atoms. The third-order valence-corrected chi connectivity index (χ3v) is 5.22. The summed E-state index contributed by atoms with van der Waals surface area (Å²) in [6.45, 7) is 4.59. The Hall–Kier alpha value is -2.54. The van der Waals surface area contributed by atoms with Gasteiger partial charge in [-0.15, -0.1) is 0 Å². The topological polar surface area (TPSA) is 75.7 Å². The predicted molar refractivity (Wildman–Crippen MR) is 109 cm³/mol. The number of amides is 1. The zero-order chi connectivity index (χ0) is 19.9. The van der Waals surface area contributed by atoms with E-state index < -0.39 is 10.0 Å². The number of nitrogens with zero attached hydrogens (tertiary/aromatic N) is 1. The van der Waals surface area contributed by atoms with Crippen molar-refractivity contribution in [3.63, 3.8) is 0 Å². The van der Waals surface area contributed by atoms with Crippen molar-refractivity contribution >= 4 is 27.3 Å². The van der Waals surface area contributed by atoms with E-state index in [1.165, 1.54) is 4.31 Å². The molecule has 146 valence electrons. The number of ether oxygens (including phenoxy) is 1. The van der Waals surface area contributed by atoms with Gasteiger partial charge in [-0.2, -0.15) is 0 Å². The second-order valence-corrected chi connectivity index (χ2v) is 8.02. The van der Waals surface area contributed by atoms with Crippen molar-refractivity contribution in [2.24, 2.45) is 0 Å². The van der Waals surface area contributed by atoms with E-state index in [2.05, 4.69) is 5.32 Å². The molecule has 0 fully saturated rings. The van der Waals surface area contributed by atoms with Gasteiger partial charge < -0.3 is 10.1 Å². The van der Waals surface area contributed by atoms with E-state index in [1.807, 2.05) is 26.0 Å². The highest BCUT2D eigenvalue weighted by atomic mass is 32.2. The first-order chi connectivity index (χ1) is 12.8. The normalized spacial score (nSPS) is 11.1. The van der Waals surface area contributed by atoms with E-state index in [0.29, 0.717) is 18.0 Å². The fourth-order valence-corrected chi connectivity index (χ4v) is 3.54. The Balaban J connectivity index is 2.00. The van der Waals surface area contributed by atoms with Crippen LogP contribution in [0.3, 0.4) is 0 Å². The molecule has 2 aromatic carbocycles. The maximum Gasteiger partial charge on any atom is 0.232 e. The fourth-order valence-electron chi connectivity index (χ4n) is 2.61. The first-order valence-corrected chi connectivity index (χ1v) is 10.8. The Morgan fingerprint density at radius 2 is 1.67 bits per heavy atom. The van der Waals surface area contributed by atoms with Crippen molar-refractivity contribution in [3.8, 4) is 5.75 Å². The first kappa shape index (κ1) is 20.8. The molecule has 2 rings (SSSR count). The molecule has 0 bridgehead atoms. The van der Waals surface area contributed by atoms with Crippen LogP contribution in [0.1, 0.15) is 25.8 Å². The molecule has 0 atom stereocenters. The largest absolute Gasteiger partial charge is 0.494 e. The molecule has 0 saturated heterocycles. The van der Waals surface area contributed by atoms with Crippen molar-refractivity contribution in [2.45, 2.75) is 26.7 Å². The van der Waals surface area contributed by atoms with Crippen LogP contribution in [-0.4, -0.2) is 33.7 Å². The third-order valence-electron chi connectivity index (χ3n) is 4.02. The molecule has 1 amide bonds. The molecule has 0 aliphatic heterocycles. The van der Waals surface area contributed by atoms with Crippen LogP contribution >= 0.6 is 0 Å². The molecule has 0 aliphatic rings. The molecule has 1 N–H and O–H groups in total. The highest BCUT2D eigenvalue weighted by Gasteiger charge is 2.18. The Morgan fingerprint density at radius 3 is 2.19 bits per heavy atom. The molecular weight excluding hydrogens is 364 g/mol. The molecule has 0 aliphatic carbocycles. The maximum absolute atomic E-state index is 12.2. The molecule has 27 heavy (non-hydrogen) atoms. The lowest BCUT2D eigenvalue weighted by molar-refractivity contribution is -0.116. The Morgan fingerprint density at radius 1 is 1.04 bits per heavy atom. The van der Waals surface area contributed by atoms with Gasteiger partial charge in [0, 0.05) is 18.7 Å². The van der Waals surface area contributed by atoms with Crippen LogP contribution in [0.25, 0.3) is 0 Å². The van der Waals surface area contributed by atoms with E-state index in [1.54, 1.807) is 36.4 Å². The average molecular weight is 391 g/mol. The van der Waals surface area contributed by atoms with Crippen LogP contribution in [0.15, 0.2) is 48.5 Å². The highest BCUT2D eigenvalue weighted by molar-refractivity contribution is 7.92. The van der Waals surface area contributed by atoms with Gasteiger partial charge in [-0.1, -0.05) is 19.1 Å². The molecule has 0 unspecified atom stereocenters. The maximum atomic E-state index is 12.2. The first-order valence-electron chi connectivity index (χ1n) is 8.92. The van der Waals surface area contributed by atoms with Gasteiger partial charge in [0.1, 0.15) is 5.75 Å². The van der Waals surface area contributed by atoms with Gasteiger partial charge in [0.25, 0.3) is 0 Å². The van der Waals surface area contributed by atoms with Crippen molar-refractivity contribution in [1.29, 1.82) is 0 Å². The summed E-state index contributed by atoms with van der Waals surface area (Å²) in [6, 6.07) is 14.4. The second kappa shape index (κ2) is 9.41. The van der Waals surface area contributed by atoms with E-state index in [4.69, 9.17) is 4.74 Å². The number of rotatable bonds is 9. The zero-order valence-corrected chi connectivity index (χ0v) is 16.8. The van der Waals surface area contributed by atoms with Crippen LogP contribution in [0, 0.1) is 0 Å². The quantitative estimate of drug-likeness (QED) is 0.712. The minimum absolute atomic E-state index is 0.0514. The van der Waals surface area contributed by atoms with Crippen molar-refractivity contribution in [1.82, 2.24) is 0 Å². The second-order valence-electron chi connectivity index (χ2n) is 6.11. The molecule has 0 saturated carbocycles. The number of hydrogen-bond donors (Lipinski definition) is 1. The number of aryl methyl sites for hydroxylation is 1. The van der Waals surface area contributed by atoms with E-state index in [0.717, 1.165) is 24.0 Å². The standard InChI is InChI=1S/C20H26N2O4S/c1-4-16-6-10-18(11-7-16)22(27(3,24)25)15-14-20(23)21-17-8-12-19(13-9-17)26-5-2/h6-13H,4-5,14-15H2,1-3H3,(H,21,23). The summed E-state index contributed by atoms with van der Waals surface area (Å²) in [5.74, 6) is 0.479. The van der Waals surface area contributed by atoms with Gasteiger partial charge in [-0.05, 0) is 55.3 Å². The fraction of sp³-hybridized carbons (Fsp3) is 0.350. The summed E-state index contributed by atoms with van der Waals surface area (Å²) in [7, 11) is -3.48. The number of carbonyl (C=O) groups is 1. The number of nitrogens with one attached hydrogen (secondary N) is 1. The summed E-state index contributed by atoms with van der Waals surface area (Å²) in [5.41, 5.74) is 2.32. The zero-order valence-electron chi connectivity index (χ0n) is 15.9. The Kier molecular flexibility index (Phi) is 7.24. The number of anilines is 2. The highest BCUT2D eigenvalue weighted by Crippen LogP contribution is 2.20. The molecule has 7 heteroatoms. The van der Waals surface area contributed by atoms with Crippen molar-refractivity contribution < 1.29 is 17.9 Å². The summed E-state index contributed by atoms with van der Waals surface area (Å²) < 4.78 is 30.9. The van der Waals surface area contributed by atoms with E-state index >= 15 is 0 Å². The predicted octanol–water partition coefficient (Wildman–Crippen LogP) is 3.44. The summed E-state index contributed by atoms with van der Waals surface area (Å²) >= 11 is 0. The summed E-state index contributed by atoms with van der Waals surface area (Å²) in [4.78, 5) is 12.2. The number of benzene rings is 2. The molecule has 0 radical (unpaired) electrons. The van der Waals surface area contributed by atoms with Crippen molar-refractivity contribution in [3.05, 3.63) is 54.1 Å². The van der Waals surface area contributed by atoms with Gasteiger partial charge in [0.2, 0.25) is 15.9 Å². The van der Waals surface area contributed by atoms with Gasteiger partial charge in [-0.25, -0.2) is 8.42 Å². The number of carbonyl (C=O) groups excluding carboxylic acids is 1. The molecular formula is C20H26N2O4S. The third kappa shape index (κ3) is 6.29. The molecule has 0 aromatic heterocycles. The minimum atomic E-state index is -3.48. The van der Waals surface area contributed by atoms with Crippen LogP contribution < -0.4 is 14.4 Å². The lowest BCUT2D eigenvalue weighted by Gasteiger charge is -2.22. The van der Waals surface area contributed by atoms with Gasteiger partial charge in [-0.3, -0.25) is 9.10 Å². The van der Waals surface area contributed by atoms with Crippen LogP contribution in [0.2, 0.25) is 0 Å². The SMILES string of the molecule is CCOc1ccc(NC(=O)CCN(c2ccc(CC)cc2)S(C)(=O)=O)cc1. The Bertz CT molecular complexity index is 847. The number of hydrogen-bond acceptors (Lipinski definition) is 4. The van der Waals surface area contributed by atoms with Crippen LogP contribution in [0.5, 0.6) is 5.75 Å². The van der Waals surface area contributed by atoms with Gasteiger partial charge >= 0.3 is 0 Å². The smallest absolute Gasteiger partial charge is 0.232 e. The molecule has 2 aromatic rings. The lowest BCUT2D eigenvalue weighted by atomic mass is 10.1. The number of sulfonamides is 1. The molecule has 6 nitrogen and oxygen atoms in total. The van der Waals surface area contributed by atoms with Crippen LogP contribution in [-0.2, 0) is 21.2 Å². The van der Waals surface area contributed by atoms with Gasteiger partial charge in [0.05, 0.1) is 18.6 Å². The summed E-state index contributed by atoms with van der Waals surface area (Å²) in [6.07, 6.45) is 2.07. The minimum Gasteiger partial charge on any atom is -0.494 e. The lowest BCUT2D eigenvalue weighted by Crippen LogP contribution is -2.33. The van der Waals surface area contributed by atoms with Gasteiger partial charge in [0.15, 0.2) is 0 Å². The van der Waals surface area contributed by atoms with Crippen molar-refractivity contribution in [2.75, 3.05) is 29.0 Å². The Labute approximate surface area is 161 Å². The van der Waals surface area contributed by atoms with E-state index in [-0.39, 0.29) is 18.9 Å². The van der Waals surface area contributed by atoms with E-state index in [9.17, 15) is 13.2 Å².